The van der Waals surface area contributed by atoms with Crippen molar-refractivity contribution in [1.82, 2.24) is 4.98 Å². The van der Waals surface area contributed by atoms with Gasteiger partial charge in [0.15, 0.2) is 9.84 Å². The minimum absolute atomic E-state index is 0.216. The number of hydrogen-bond acceptors (Lipinski definition) is 3. The van der Waals surface area contributed by atoms with Gasteiger partial charge >= 0.3 is 0 Å². The minimum Gasteiger partial charge on any atom is -0.396 e. The first kappa shape index (κ1) is 21.6. The largest absolute Gasteiger partial charge is 0.396 e. The van der Waals surface area contributed by atoms with Crippen molar-refractivity contribution in [1.29, 1.82) is 0 Å². The number of halogens is 1. The van der Waals surface area contributed by atoms with Crippen LogP contribution in [0.5, 0.6) is 0 Å². The highest BCUT2D eigenvalue weighted by Crippen LogP contribution is 2.34. The normalized spacial score (nSPS) is 11.8. The van der Waals surface area contributed by atoms with Gasteiger partial charge in [-0.15, -0.1) is 0 Å². The molecule has 6 heteroatoms. The Bertz CT molecular complexity index is 1310. The summed E-state index contributed by atoms with van der Waals surface area (Å²) in [6.45, 7) is 0.216. The summed E-state index contributed by atoms with van der Waals surface area (Å²) in [7, 11) is -3.20. The number of H-pyrrole nitrogens is 1. The predicted octanol–water partition coefficient (Wildman–Crippen LogP) is 5.87. The lowest BCUT2D eigenvalue weighted by atomic mass is 9.99. The SMILES string of the molecule is CS(=O)(=O)c1ccc(-c2ccc(-c3cc4cc(CCCCO)[nH]c4cc3Cl)cc2)cc1. The topological polar surface area (TPSA) is 70.2 Å². The monoisotopic (exact) mass is 453 g/mol. The van der Waals surface area contributed by atoms with E-state index in [1.165, 1.54) is 6.26 Å². The maximum absolute atomic E-state index is 11.6. The summed E-state index contributed by atoms with van der Waals surface area (Å²) in [6, 6.07) is 21.2. The summed E-state index contributed by atoms with van der Waals surface area (Å²) in [6.07, 6.45) is 3.84. The summed E-state index contributed by atoms with van der Waals surface area (Å²) in [5, 5.41) is 10.8. The van der Waals surface area contributed by atoms with E-state index in [1.807, 2.05) is 42.5 Å². The molecule has 0 unspecified atom stereocenters. The van der Waals surface area contributed by atoms with Gasteiger partial charge in [0.05, 0.1) is 9.92 Å². The van der Waals surface area contributed by atoms with Gasteiger partial charge in [-0.3, -0.25) is 0 Å². The maximum atomic E-state index is 11.6. The zero-order valence-corrected chi connectivity index (χ0v) is 18.8. The molecule has 0 spiro atoms. The third kappa shape index (κ3) is 4.85. The molecule has 0 amide bonds. The fraction of sp³-hybridized carbons (Fsp3) is 0.200. The van der Waals surface area contributed by atoms with Gasteiger partial charge in [-0.25, -0.2) is 8.42 Å². The number of aromatic nitrogens is 1. The lowest BCUT2D eigenvalue weighted by Crippen LogP contribution is -1.96. The molecule has 0 radical (unpaired) electrons. The summed E-state index contributed by atoms with van der Waals surface area (Å²) in [4.78, 5) is 3.73. The number of rotatable bonds is 7. The van der Waals surface area contributed by atoms with Gasteiger partial charge in [-0.05, 0) is 66.3 Å². The Morgan fingerprint density at radius 1 is 0.871 bits per heavy atom. The lowest BCUT2D eigenvalue weighted by Gasteiger charge is -2.08. The van der Waals surface area contributed by atoms with Crippen molar-refractivity contribution < 1.29 is 13.5 Å². The standard InChI is InChI=1S/C25H24ClNO3S/c1-31(29,30)22-11-9-18(10-12-22)17-5-7-19(8-6-17)23-15-20-14-21(4-2-3-13-28)27-25(20)16-24(23)26/h5-12,14-16,27-28H,2-4,13H2,1H3. The van der Waals surface area contributed by atoms with Crippen LogP contribution < -0.4 is 0 Å². The average Bonchev–Trinajstić information content (AvgIpc) is 3.14. The van der Waals surface area contributed by atoms with Crippen LogP contribution in [-0.2, 0) is 16.3 Å². The number of benzene rings is 3. The summed E-state index contributed by atoms with van der Waals surface area (Å²) < 4.78 is 23.3. The molecule has 0 saturated heterocycles. The third-order valence-electron chi connectivity index (χ3n) is 5.43. The molecule has 0 aliphatic carbocycles. The Morgan fingerprint density at radius 2 is 1.48 bits per heavy atom. The fourth-order valence-electron chi connectivity index (χ4n) is 3.73. The molecule has 4 aromatic rings. The number of unbranched alkanes of at least 4 members (excludes halogenated alkanes) is 1. The zero-order chi connectivity index (χ0) is 22.0. The van der Waals surface area contributed by atoms with Crippen molar-refractivity contribution in [3.8, 4) is 22.3 Å². The Hall–Kier alpha value is -2.60. The van der Waals surface area contributed by atoms with Crippen molar-refractivity contribution in [3.05, 3.63) is 77.4 Å². The number of hydrogen-bond donors (Lipinski definition) is 2. The second kappa shape index (κ2) is 8.87. The van der Waals surface area contributed by atoms with E-state index < -0.39 is 9.84 Å². The molecular formula is C25H24ClNO3S. The van der Waals surface area contributed by atoms with Gasteiger partial charge in [0.2, 0.25) is 0 Å². The Balaban J connectivity index is 1.60. The number of nitrogens with one attached hydrogen (secondary N) is 1. The van der Waals surface area contributed by atoms with Crippen LogP contribution >= 0.6 is 11.6 Å². The van der Waals surface area contributed by atoms with E-state index in [4.69, 9.17) is 16.7 Å². The predicted molar refractivity (Wildman–Crippen MR) is 127 cm³/mol. The fourth-order valence-corrected chi connectivity index (χ4v) is 4.64. The lowest BCUT2D eigenvalue weighted by molar-refractivity contribution is 0.284. The summed E-state index contributed by atoms with van der Waals surface area (Å²) in [5.41, 5.74) is 6.10. The van der Waals surface area contributed by atoms with Crippen molar-refractivity contribution in [2.75, 3.05) is 12.9 Å². The first-order valence-electron chi connectivity index (χ1n) is 10.2. The molecule has 160 valence electrons. The molecule has 0 atom stereocenters. The van der Waals surface area contributed by atoms with Crippen LogP contribution in [0.3, 0.4) is 0 Å². The Kier molecular flexibility index (Phi) is 6.19. The average molecular weight is 454 g/mol. The summed E-state index contributed by atoms with van der Waals surface area (Å²) >= 11 is 6.58. The number of sulfone groups is 1. The highest BCUT2D eigenvalue weighted by Gasteiger charge is 2.10. The number of fused-ring (bicyclic) bond motifs is 1. The molecule has 2 N–H and O–H groups in total. The van der Waals surface area contributed by atoms with Gasteiger partial charge in [0, 0.05) is 35.0 Å². The maximum Gasteiger partial charge on any atom is 0.175 e. The van der Waals surface area contributed by atoms with Gasteiger partial charge in [-0.1, -0.05) is 48.0 Å². The van der Waals surface area contributed by atoms with Crippen molar-refractivity contribution in [3.63, 3.8) is 0 Å². The molecule has 31 heavy (non-hydrogen) atoms. The van der Waals surface area contributed by atoms with E-state index >= 15 is 0 Å². The van der Waals surface area contributed by atoms with E-state index in [-0.39, 0.29) is 6.61 Å². The van der Waals surface area contributed by atoms with Crippen molar-refractivity contribution in [2.45, 2.75) is 24.2 Å². The van der Waals surface area contributed by atoms with Gasteiger partial charge in [0.25, 0.3) is 0 Å². The Morgan fingerprint density at radius 3 is 2.10 bits per heavy atom. The second-order valence-corrected chi connectivity index (χ2v) is 10.2. The molecule has 0 saturated carbocycles. The molecule has 0 fully saturated rings. The molecule has 0 bridgehead atoms. The summed E-state index contributed by atoms with van der Waals surface area (Å²) in [5.74, 6) is 0. The number of aromatic amines is 1. The van der Waals surface area contributed by atoms with Crippen LogP contribution in [0.2, 0.25) is 5.02 Å². The van der Waals surface area contributed by atoms with Crippen LogP contribution in [0.15, 0.2) is 71.6 Å². The number of aliphatic hydroxyl groups is 1. The molecule has 3 aromatic carbocycles. The molecule has 4 rings (SSSR count). The molecule has 1 aromatic heterocycles. The van der Waals surface area contributed by atoms with Crippen molar-refractivity contribution >= 4 is 32.3 Å². The van der Waals surface area contributed by atoms with Gasteiger partial charge in [0.1, 0.15) is 0 Å². The smallest absolute Gasteiger partial charge is 0.175 e. The van der Waals surface area contributed by atoms with Crippen LogP contribution in [0.25, 0.3) is 33.2 Å². The van der Waals surface area contributed by atoms with Crippen molar-refractivity contribution in [2.24, 2.45) is 0 Å². The van der Waals surface area contributed by atoms with Gasteiger partial charge < -0.3 is 10.1 Å². The van der Waals surface area contributed by atoms with Crippen LogP contribution in [-0.4, -0.2) is 31.4 Å². The molecular weight excluding hydrogens is 430 g/mol. The Labute approximate surface area is 187 Å². The van der Waals surface area contributed by atoms with E-state index in [0.29, 0.717) is 9.92 Å². The number of aryl methyl sites for hydroxylation is 1. The molecule has 0 aliphatic rings. The highest BCUT2D eigenvalue weighted by molar-refractivity contribution is 7.90. The van der Waals surface area contributed by atoms with E-state index in [0.717, 1.165) is 58.1 Å². The first-order chi connectivity index (χ1) is 14.8. The third-order valence-corrected chi connectivity index (χ3v) is 6.87. The molecule has 1 heterocycles. The van der Waals surface area contributed by atoms with Crippen LogP contribution in [0.1, 0.15) is 18.5 Å². The second-order valence-electron chi connectivity index (χ2n) is 7.77. The quantitative estimate of drug-likeness (QED) is 0.343. The molecule has 0 aliphatic heterocycles. The van der Waals surface area contributed by atoms with E-state index in [1.54, 1.807) is 12.1 Å². The molecule has 4 nitrogen and oxygen atoms in total. The van der Waals surface area contributed by atoms with Crippen LogP contribution in [0.4, 0.5) is 0 Å². The van der Waals surface area contributed by atoms with E-state index in [2.05, 4.69) is 17.1 Å². The minimum atomic E-state index is -3.20. The first-order valence-corrected chi connectivity index (χ1v) is 12.4. The zero-order valence-electron chi connectivity index (χ0n) is 17.2. The number of aliphatic hydroxyl groups excluding tert-OH is 1. The van der Waals surface area contributed by atoms with Gasteiger partial charge in [-0.2, -0.15) is 0 Å². The van der Waals surface area contributed by atoms with Crippen LogP contribution in [0, 0.1) is 0 Å². The van der Waals surface area contributed by atoms with E-state index in [9.17, 15) is 8.42 Å². The highest BCUT2D eigenvalue weighted by atomic mass is 35.5.